The van der Waals surface area contributed by atoms with E-state index in [2.05, 4.69) is 10.6 Å². The van der Waals surface area contributed by atoms with Crippen LogP contribution in [0.3, 0.4) is 0 Å². The van der Waals surface area contributed by atoms with E-state index in [0.29, 0.717) is 17.1 Å². The second kappa shape index (κ2) is 6.26. The molecule has 1 rings (SSSR count). The van der Waals surface area contributed by atoms with E-state index >= 15 is 0 Å². The fourth-order valence-corrected chi connectivity index (χ4v) is 1.66. The second-order valence-electron chi connectivity index (χ2n) is 3.88. The summed E-state index contributed by atoms with van der Waals surface area (Å²) in [5, 5.41) is 14.1. The van der Waals surface area contributed by atoms with Gasteiger partial charge >= 0.3 is 12.0 Å². The van der Waals surface area contributed by atoms with Crippen LogP contribution in [0.2, 0.25) is 5.02 Å². The fraction of sp³-hybridized carbons (Fsp3) is 0.333. The van der Waals surface area contributed by atoms with Gasteiger partial charge in [-0.2, -0.15) is 0 Å². The number of rotatable bonds is 4. The van der Waals surface area contributed by atoms with Gasteiger partial charge in [0.2, 0.25) is 0 Å². The quantitative estimate of drug-likeness (QED) is 0.787. The molecule has 1 atom stereocenters. The number of amides is 2. The highest BCUT2D eigenvalue weighted by Gasteiger charge is 2.17. The molecule has 6 heteroatoms. The van der Waals surface area contributed by atoms with Gasteiger partial charge in [-0.1, -0.05) is 24.6 Å². The summed E-state index contributed by atoms with van der Waals surface area (Å²) < 4.78 is 0. The van der Waals surface area contributed by atoms with Crippen LogP contribution < -0.4 is 10.6 Å². The zero-order valence-electron chi connectivity index (χ0n) is 10.2. The molecule has 0 aliphatic rings. The molecule has 0 bridgehead atoms. The molecule has 0 fully saturated rings. The van der Waals surface area contributed by atoms with Crippen LogP contribution in [0.25, 0.3) is 0 Å². The van der Waals surface area contributed by atoms with Crippen molar-refractivity contribution in [3.8, 4) is 0 Å². The van der Waals surface area contributed by atoms with Gasteiger partial charge in [-0.15, -0.1) is 0 Å². The van der Waals surface area contributed by atoms with Crippen LogP contribution in [0.15, 0.2) is 18.2 Å². The van der Waals surface area contributed by atoms with E-state index < -0.39 is 18.0 Å². The number of hydrogen-bond acceptors (Lipinski definition) is 2. The molecule has 18 heavy (non-hydrogen) atoms. The molecule has 1 aromatic carbocycles. The smallest absolute Gasteiger partial charge is 0.326 e. The number of carboxylic acid groups (broad SMARTS) is 1. The molecule has 0 saturated heterocycles. The third-order valence-electron chi connectivity index (χ3n) is 2.38. The first-order valence-corrected chi connectivity index (χ1v) is 5.88. The zero-order chi connectivity index (χ0) is 13.7. The maximum Gasteiger partial charge on any atom is 0.326 e. The van der Waals surface area contributed by atoms with E-state index in [9.17, 15) is 9.59 Å². The maximum atomic E-state index is 11.6. The molecule has 0 aliphatic heterocycles. The van der Waals surface area contributed by atoms with Gasteiger partial charge in [-0.25, -0.2) is 9.59 Å². The van der Waals surface area contributed by atoms with Crippen LogP contribution >= 0.6 is 11.6 Å². The molecule has 0 aromatic heterocycles. The van der Waals surface area contributed by atoms with E-state index in [4.69, 9.17) is 16.7 Å². The Balaban J connectivity index is 2.67. The number of halogens is 1. The molecule has 0 saturated carbocycles. The molecule has 0 spiro atoms. The zero-order valence-corrected chi connectivity index (χ0v) is 10.9. The number of urea groups is 1. The summed E-state index contributed by atoms with van der Waals surface area (Å²) in [6.45, 7) is 3.56. The van der Waals surface area contributed by atoms with Crippen LogP contribution in [-0.2, 0) is 4.79 Å². The Morgan fingerprint density at radius 3 is 2.61 bits per heavy atom. The van der Waals surface area contributed by atoms with E-state index in [0.717, 1.165) is 5.56 Å². The SMILES string of the molecule is CC[C@@H](NC(=O)Nc1ccc(C)cc1Cl)C(=O)O. The molecule has 0 heterocycles. The Morgan fingerprint density at radius 2 is 2.11 bits per heavy atom. The van der Waals surface area contributed by atoms with Crippen molar-refractivity contribution in [3.05, 3.63) is 28.8 Å². The molecule has 3 N–H and O–H groups in total. The summed E-state index contributed by atoms with van der Waals surface area (Å²) in [5.41, 5.74) is 1.42. The Labute approximate surface area is 110 Å². The van der Waals surface area contributed by atoms with Crippen molar-refractivity contribution in [2.45, 2.75) is 26.3 Å². The van der Waals surface area contributed by atoms with Crippen LogP contribution in [0.4, 0.5) is 10.5 Å². The number of carboxylic acids is 1. The number of hydrogen-bond donors (Lipinski definition) is 3. The summed E-state index contributed by atoms with van der Waals surface area (Å²) in [5.74, 6) is -1.07. The molecule has 0 aliphatic carbocycles. The van der Waals surface area contributed by atoms with Gasteiger partial charge < -0.3 is 15.7 Å². The lowest BCUT2D eigenvalue weighted by Gasteiger charge is -2.14. The van der Waals surface area contributed by atoms with E-state index in [1.807, 2.05) is 6.92 Å². The lowest BCUT2D eigenvalue weighted by molar-refractivity contribution is -0.139. The van der Waals surface area contributed by atoms with Gasteiger partial charge in [0.1, 0.15) is 6.04 Å². The first-order valence-electron chi connectivity index (χ1n) is 5.50. The average Bonchev–Trinajstić information content (AvgIpc) is 2.29. The Kier molecular flexibility index (Phi) is 4.97. The second-order valence-corrected chi connectivity index (χ2v) is 4.29. The molecule has 2 amide bonds. The van der Waals surface area contributed by atoms with Gasteiger partial charge in [-0.3, -0.25) is 0 Å². The van der Waals surface area contributed by atoms with Crippen molar-refractivity contribution in [2.75, 3.05) is 5.32 Å². The van der Waals surface area contributed by atoms with Gasteiger partial charge in [0.05, 0.1) is 10.7 Å². The average molecular weight is 271 g/mol. The highest BCUT2D eigenvalue weighted by molar-refractivity contribution is 6.33. The number of aryl methyl sites for hydroxylation is 1. The maximum absolute atomic E-state index is 11.6. The number of nitrogens with one attached hydrogen (secondary N) is 2. The predicted molar refractivity (Wildman–Crippen MR) is 70.1 cm³/mol. The van der Waals surface area contributed by atoms with Gasteiger partial charge in [0.15, 0.2) is 0 Å². The number of aliphatic carboxylic acids is 1. The molecule has 0 radical (unpaired) electrons. The first kappa shape index (κ1) is 14.3. The fourth-order valence-electron chi connectivity index (χ4n) is 1.38. The van der Waals surface area contributed by atoms with Crippen molar-refractivity contribution in [3.63, 3.8) is 0 Å². The minimum atomic E-state index is -1.07. The molecule has 5 nitrogen and oxygen atoms in total. The molecule has 0 unspecified atom stereocenters. The van der Waals surface area contributed by atoms with Gasteiger partial charge in [0, 0.05) is 0 Å². The topological polar surface area (TPSA) is 78.4 Å². The Bertz CT molecular complexity index is 463. The summed E-state index contributed by atoms with van der Waals surface area (Å²) in [7, 11) is 0. The Morgan fingerprint density at radius 1 is 1.44 bits per heavy atom. The first-order chi connectivity index (χ1) is 8.43. The predicted octanol–water partition coefficient (Wildman–Crippen LogP) is 2.63. The van der Waals surface area contributed by atoms with Crippen molar-refractivity contribution in [1.82, 2.24) is 5.32 Å². The van der Waals surface area contributed by atoms with E-state index in [-0.39, 0.29) is 0 Å². The lowest BCUT2D eigenvalue weighted by Crippen LogP contribution is -2.42. The molecular formula is C12H15ClN2O3. The van der Waals surface area contributed by atoms with Gasteiger partial charge in [-0.05, 0) is 31.0 Å². The normalized spacial score (nSPS) is 11.7. The van der Waals surface area contributed by atoms with Crippen LogP contribution in [0.5, 0.6) is 0 Å². The van der Waals surface area contributed by atoms with Crippen LogP contribution in [0.1, 0.15) is 18.9 Å². The van der Waals surface area contributed by atoms with Crippen molar-refractivity contribution in [1.29, 1.82) is 0 Å². The minimum absolute atomic E-state index is 0.310. The monoisotopic (exact) mass is 270 g/mol. The molecule has 1 aromatic rings. The van der Waals surface area contributed by atoms with Crippen molar-refractivity contribution in [2.24, 2.45) is 0 Å². The van der Waals surface area contributed by atoms with Crippen LogP contribution in [0, 0.1) is 6.92 Å². The van der Waals surface area contributed by atoms with Crippen LogP contribution in [-0.4, -0.2) is 23.1 Å². The number of carbonyl (C=O) groups is 2. The van der Waals surface area contributed by atoms with Gasteiger partial charge in [0.25, 0.3) is 0 Å². The Hall–Kier alpha value is -1.75. The van der Waals surface area contributed by atoms with E-state index in [1.54, 1.807) is 25.1 Å². The van der Waals surface area contributed by atoms with Crippen molar-refractivity contribution >= 4 is 29.3 Å². The summed E-state index contributed by atoms with van der Waals surface area (Å²) >= 11 is 5.95. The highest BCUT2D eigenvalue weighted by Crippen LogP contribution is 2.22. The van der Waals surface area contributed by atoms with Crippen molar-refractivity contribution < 1.29 is 14.7 Å². The lowest BCUT2D eigenvalue weighted by atomic mass is 10.2. The summed E-state index contributed by atoms with van der Waals surface area (Å²) in [6, 6.07) is 3.69. The summed E-state index contributed by atoms with van der Waals surface area (Å²) in [6.07, 6.45) is 0.310. The third-order valence-corrected chi connectivity index (χ3v) is 2.70. The third kappa shape index (κ3) is 3.92. The standard InChI is InChI=1S/C12H15ClN2O3/c1-3-9(11(16)17)14-12(18)15-10-5-4-7(2)6-8(10)13/h4-6,9H,3H2,1-2H3,(H,16,17)(H2,14,15,18)/t9-/m1/s1. The number of carbonyl (C=O) groups excluding carboxylic acids is 1. The number of benzene rings is 1. The number of anilines is 1. The summed E-state index contributed by atoms with van der Waals surface area (Å²) in [4.78, 5) is 22.3. The molecular weight excluding hydrogens is 256 g/mol. The minimum Gasteiger partial charge on any atom is -0.480 e. The molecule has 98 valence electrons. The highest BCUT2D eigenvalue weighted by atomic mass is 35.5. The van der Waals surface area contributed by atoms with E-state index in [1.165, 1.54) is 0 Å². The largest absolute Gasteiger partial charge is 0.480 e.